The second-order valence-electron chi connectivity index (χ2n) is 4.49. The maximum absolute atomic E-state index is 5.86. The number of hydrogen-bond donors (Lipinski definition) is 2. The lowest BCUT2D eigenvalue weighted by Gasteiger charge is -2.29. The molecule has 3 N–H and O–H groups in total. The molecule has 0 heterocycles. The van der Waals surface area contributed by atoms with Gasteiger partial charge in [0.2, 0.25) is 0 Å². The van der Waals surface area contributed by atoms with Gasteiger partial charge in [-0.1, -0.05) is 30.7 Å². The average Bonchev–Trinajstić information content (AvgIpc) is 2.30. The molecule has 90 valence electrons. The van der Waals surface area contributed by atoms with Crippen LogP contribution in [0.2, 0.25) is 5.02 Å². The first kappa shape index (κ1) is 13.5. The molecule has 2 nitrogen and oxygen atoms in total. The fourth-order valence-electron chi connectivity index (χ4n) is 1.69. The molecule has 0 aliphatic rings. The maximum Gasteiger partial charge on any atom is 0.0406 e. The summed E-state index contributed by atoms with van der Waals surface area (Å²) in [7, 11) is 0. The Balaban J connectivity index is 2.64. The largest absolute Gasteiger partial charge is 0.329 e. The second-order valence-corrected chi connectivity index (χ2v) is 4.93. The fraction of sp³-hybridized carbons (Fsp3) is 0.538. The van der Waals surface area contributed by atoms with Gasteiger partial charge in [0.1, 0.15) is 0 Å². The van der Waals surface area contributed by atoms with E-state index in [-0.39, 0.29) is 5.54 Å². The van der Waals surface area contributed by atoms with Crippen molar-refractivity contribution in [3.8, 4) is 0 Å². The Kier molecular flexibility index (Phi) is 5.26. The van der Waals surface area contributed by atoms with Gasteiger partial charge in [-0.15, -0.1) is 0 Å². The van der Waals surface area contributed by atoms with E-state index in [2.05, 4.69) is 31.3 Å². The third-order valence-corrected chi connectivity index (χ3v) is 3.01. The van der Waals surface area contributed by atoms with Crippen LogP contribution in [-0.2, 0) is 6.42 Å². The molecule has 0 saturated carbocycles. The van der Waals surface area contributed by atoms with Crippen LogP contribution in [0.4, 0.5) is 0 Å². The molecule has 0 saturated heterocycles. The molecular weight excluding hydrogens is 220 g/mol. The Hall–Kier alpha value is -0.570. The third kappa shape index (κ3) is 4.12. The van der Waals surface area contributed by atoms with Gasteiger partial charge in [-0.25, -0.2) is 0 Å². The topological polar surface area (TPSA) is 38.0 Å². The van der Waals surface area contributed by atoms with Crippen molar-refractivity contribution < 1.29 is 0 Å². The highest BCUT2D eigenvalue weighted by molar-refractivity contribution is 6.30. The molecule has 1 aromatic carbocycles. The molecule has 1 aromatic rings. The van der Waals surface area contributed by atoms with E-state index in [1.807, 2.05) is 12.1 Å². The normalized spacial score (nSPS) is 14.8. The number of benzene rings is 1. The summed E-state index contributed by atoms with van der Waals surface area (Å²) in [6, 6.07) is 7.97. The summed E-state index contributed by atoms with van der Waals surface area (Å²) in [4.78, 5) is 0. The van der Waals surface area contributed by atoms with E-state index in [1.165, 1.54) is 5.56 Å². The van der Waals surface area contributed by atoms with Crippen molar-refractivity contribution >= 4 is 11.6 Å². The van der Waals surface area contributed by atoms with Crippen LogP contribution in [0.1, 0.15) is 25.8 Å². The molecule has 3 heteroatoms. The SMILES string of the molecule is CCCNC(C)(CN)Cc1ccc(Cl)cc1. The highest BCUT2D eigenvalue weighted by atomic mass is 35.5. The van der Waals surface area contributed by atoms with Crippen LogP contribution in [0, 0.1) is 0 Å². The molecule has 0 amide bonds. The first-order valence-corrected chi connectivity index (χ1v) is 6.17. The fourth-order valence-corrected chi connectivity index (χ4v) is 1.81. The first-order valence-electron chi connectivity index (χ1n) is 5.79. The van der Waals surface area contributed by atoms with Crippen LogP contribution in [0.15, 0.2) is 24.3 Å². The van der Waals surface area contributed by atoms with Crippen molar-refractivity contribution in [1.29, 1.82) is 0 Å². The molecule has 0 aliphatic carbocycles. The number of hydrogen-bond acceptors (Lipinski definition) is 2. The molecule has 1 rings (SSSR count). The van der Waals surface area contributed by atoms with Crippen LogP contribution in [-0.4, -0.2) is 18.6 Å². The van der Waals surface area contributed by atoms with E-state index in [1.54, 1.807) is 0 Å². The van der Waals surface area contributed by atoms with E-state index >= 15 is 0 Å². The summed E-state index contributed by atoms with van der Waals surface area (Å²) < 4.78 is 0. The minimum Gasteiger partial charge on any atom is -0.329 e. The van der Waals surface area contributed by atoms with Crippen LogP contribution in [0.25, 0.3) is 0 Å². The number of nitrogens with one attached hydrogen (secondary N) is 1. The average molecular weight is 241 g/mol. The minimum atomic E-state index is -0.0240. The van der Waals surface area contributed by atoms with Crippen LogP contribution >= 0.6 is 11.6 Å². The summed E-state index contributed by atoms with van der Waals surface area (Å²) in [5, 5.41) is 4.28. The van der Waals surface area contributed by atoms with Gasteiger partial charge in [-0.2, -0.15) is 0 Å². The molecule has 0 spiro atoms. The monoisotopic (exact) mass is 240 g/mol. The van der Waals surface area contributed by atoms with Gasteiger partial charge >= 0.3 is 0 Å². The highest BCUT2D eigenvalue weighted by Crippen LogP contribution is 2.15. The van der Waals surface area contributed by atoms with E-state index in [4.69, 9.17) is 17.3 Å². The quantitative estimate of drug-likeness (QED) is 0.802. The predicted molar refractivity (Wildman–Crippen MR) is 70.9 cm³/mol. The Labute approximate surface area is 103 Å². The lowest BCUT2D eigenvalue weighted by Crippen LogP contribution is -2.50. The third-order valence-electron chi connectivity index (χ3n) is 2.76. The van der Waals surface area contributed by atoms with E-state index < -0.39 is 0 Å². The Morgan fingerprint density at radius 3 is 2.44 bits per heavy atom. The zero-order chi connectivity index (χ0) is 12.0. The Morgan fingerprint density at radius 2 is 1.94 bits per heavy atom. The van der Waals surface area contributed by atoms with Gasteiger partial charge in [0.05, 0.1) is 0 Å². The molecule has 0 bridgehead atoms. The van der Waals surface area contributed by atoms with Gasteiger partial charge < -0.3 is 11.1 Å². The Morgan fingerprint density at radius 1 is 1.31 bits per heavy atom. The van der Waals surface area contributed by atoms with Crippen molar-refractivity contribution in [1.82, 2.24) is 5.32 Å². The summed E-state index contributed by atoms with van der Waals surface area (Å²) in [5.41, 5.74) is 7.08. The molecule has 0 radical (unpaired) electrons. The molecule has 0 fully saturated rings. The zero-order valence-corrected chi connectivity index (χ0v) is 10.8. The summed E-state index contributed by atoms with van der Waals surface area (Å²) in [5.74, 6) is 0. The van der Waals surface area contributed by atoms with E-state index in [0.717, 1.165) is 24.4 Å². The molecule has 0 aromatic heterocycles. The summed E-state index contributed by atoms with van der Waals surface area (Å²) in [6.45, 7) is 5.96. The van der Waals surface area contributed by atoms with Crippen molar-refractivity contribution in [2.24, 2.45) is 5.73 Å². The van der Waals surface area contributed by atoms with Gasteiger partial charge in [0.25, 0.3) is 0 Å². The van der Waals surface area contributed by atoms with Gasteiger partial charge in [-0.3, -0.25) is 0 Å². The van der Waals surface area contributed by atoms with Crippen LogP contribution in [0.3, 0.4) is 0 Å². The molecular formula is C13H21ClN2. The van der Waals surface area contributed by atoms with Crippen molar-refractivity contribution in [2.45, 2.75) is 32.2 Å². The van der Waals surface area contributed by atoms with Crippen LogP contribution in [0.5, 0.6) is 0 Å². The molecule has 1 unspecified atom stereocenters. The molecule has 16 heavy (non-hydrogen) atoms. The lowest BCUT2D eigenvalue weighted by molar-refractivity contribution is 0.362. The molecule has 0 aliphatic heterocycles. The maximum atomic E-state index is 5.86. The van der Waals surface area contributed by atoms with Crippen molar-refractivity contribution in [2.75, 3.05) is 13.1 Å². The van der Waals surface area contributed by atoms with Gasteiger partial charge in [-0.05, 0) is 44.0 Å². The van der Waals surface area contributed by atoms with Gasteiger partial charge in [0, 0.05) is 17.1 Å². The first-order chi connectivity index (χ1) is 7.59. The number of nitrogens with two attached hydrogens (primary N) is 1. The predicted octanol–water partition coefficient (Wildman–Crippen LogP) is 2.60. The minimum absolute atomic E-state index is 0.0240. The summed E-state index contributed by atoms with van der Waals surface area (Å²) in [6.07, 6.45) is 2.05. The van der Waals surface area contributed by atoms with Crippen molar-refractivity contribution in [3.05, 3.63) is 34.9 Å². The molecule has 1 atom stereocenters. The lowest BCUT2D eigenvalue weighted by atomic mass is 9.93. The van der Waals surface area contributed by atoms with E-state index in [9.17, 15) is 0 Å². The standard InChI is InChI=1S/C13H21ClN2/c1-3-8-16-13(2,10-15)9-11-4-6-12(14)7-5-11/h4-7,16H,3,8-10,15H2,1-2H3. The van der Waals surface area contributed by atoms with Crippen molar-refractivity contribution in [3.63, 3.8) is 0 Å². The zero-order valence-electron chi connectivity index (χ0n) is 10.1. The smallest absolute Gasteiger partial charge is 0.0406 e. The van der Waals surface area contributed by atoms with Crippen LogP contribution < -0.4 is 11.1 Å². The Bertz CT molecular complexity index is 310. The highest BCUT2D eigenvalue weighted by Gasteiger charge is 2.21. The summed E-state index contributed by atoms with van der Waals surface area (Å²) >= 11 is 5.86. The van der Waals surface area contributed by atoms with Gasteiger partial charge in [0.15, 0.2) is 0 Å². The van der Waals surface area contributed by atoms with E-state index in [0.29, 0.717) is 6.54 Å². The second kappa shape index (κ2) is 6.24. The number of rotatable bonds is 6. The number of halogens is 1.